The molecule has 0 aromatic carbocycles. The van der Waals surface area contributed by atoms with Gasteiger partial charge in [0.05, 0.1) is 12.1 Å². The first-order valence-corrected chi connectivity index (χ1v) is 7.72. The normalized spacial score (nSPS) is 12.4. The molecule has 0 fully saturated rings. The van der Waals surface area contributed by atoms with E-state index in [2.05, 4.69) is 20.8 Å². The van der Waals surface area contributed by atoms with Crippen molar-refractivity contribution in [3.8, 4) is 0 Å². The third kappa shape index (κ3) is 4.67. The fourth-order valence-corrected chi connectivity index (χ4v) is 2.39. The third-order valence-corrected chi connectivity index (χ3v) is 3.60. The predicted molar refractivity (Wildman–Crippen MR) is 81.5 cm³/mol. The minimum atomic E-state index is 0.0607. The molecule has 0 saturated carbocycles. The Labute approximate surface area is 122 Å². The van der Waals surface area contributed by atoms with Crippen LogP contribution in [-0.2, 0) is 6.54 Å². The van der Waals surface area contributed by atoms with Crippen LogP contribution in [0.15, 0.2) is 16.7 Å². The molecule has 1 unspecified atom stereocenters. The summed E-state index contributed by atoms with van der Waals surface area (Å²) in [6.07, 6.45) is 7.00. The lowest BCUT2D eigenvalue weighted by Gasteiger charge is -2.29. The van der Waals surface area contributed by atoms with E-state index in [1.165, 1.54) is 6.26 Å². The largest absolute Gasteiger partial charge is 0.467 e. The first-order valence-electron chi connectivity index (χ1n) is 7.72. The molecule has 0 aliphatic carbocycles. The average molecular weight is 280 g/mol. The maximum Gasteiger partial charge on any atom is 0.257 e. The molecule has 114 valence electrons. The van der Waals surface area contributed by atoms with Gasteiger partial charge >= 0.3 is 0 Å². The van der Waals surface area contributed by atoms with E-state index in [0.717, 1.165) is 38.6 Å². The molecule has 1 heterocycles. The predicted octanol–water partition coefficient (Wildman–Crippen LogP) is 3.56. The number of rotatable bonds is 9. The van der Waals surface area contributed by atoms with Crippen LogP contribution in [-0.4, -0.2) is 23.4 Å². The van der Waals surface area contributed by atoms with Crippen molar-refractivity contribution in [2.24, 2.45) is 5.73 Å². The Kier molecular flexibility index (Phi) is 7.37. The molecule has 2 N–H and O–H groups in total. The fraction of sp³-hybridized carbons (Fsp3) is 0.688. The Morgan fingerprint density at radius 2 is 2.10 bits per heavy atom. The zero-order valence-electron chi connectivity index (χ0n) is 13.0. The highest BCUT2D eigenvalue weighted by Gasteiger charge is 2.22. The molecule has 0 aliphatic rings. The molecule has 4 nitrogen and oxygen atoms in total. The Morgan fingerprint density at radius 1 is 1.35 bits per heavy atom. The monoisotopic (exact) mass is 280 g/mol. The van der Waals surface area contributed by atoms with Crippen LogP contribution in [0.1, 0.15) is 69.0 Å². The van der Waals surface area contributed by atoms with E-state index in [4.69, 9.17) is 10.2 Å². The second kappa shape index (κ2) is 8.80. The van der Waals surface area contributed by atoms with E-state index in [1.807, 2.05) is 4.90 Å². The molecule has 1 aromatic heterocycles. The van der Waals surface area contributed by atoms with Crippen LogP contribution in [0.3, 0.4) is 0 Å². The quantitative estimate of drug-likeness (QED) is 0.704. The van der Waals surface area contributed by atoms with Gasteiger partial charge in [0.2, 0.25) is 0 Å². The lowest BCUT2D eigenvalue weighted by atomic mass is 10.1. The van der Waals surface area contributed by atoms with Gasteiger partial charge in [-0.1, -0.05) is 33.1 Å². The highest BCUT2D eigenvalue weighted by atomic mass is 16.3. The number of amides is 1. The van der Waals surface area contributed by atoms with Gasteiger partial charge in [-0.2, -0.15) is 0 Å². The highest BCUT2D eigenvalue weighted by Crippen LogP contribution is 2.16. The zero-order chi connectivity index (χ0) is 15.0. The topological polar surface area (TPSA) is 59.5 Å². The zero-order valence-corrected chi connectivity index (χ0v) is 13.0. The van der Waals surface area contributed by atoms with Gasteiger partial charge in [0.1, 0.15) is 12.0 Å². The minimum Gasteiger partial charge on any atom is -0.467 e. The summed E-state index contributed by atoms with van der Waals surface area (Å²) in [4.78, 5) is 14.6. The molecule has 1 amide bonds. The average Bonchev–Trinajstić information content (AvgIpc) is 2.92. The van der Waals surface area contributed by atoms with Crippen LogP contribution in [0, 0.1) is 0 Å². The van der Waals surface area contributed by atoms with Crippen molar-refractivity contribution in [3.05, 3.63) is 23.7 Å². The van der Waals surface area contributed by atoms with Crippen LogP contribution >= 0.6 is 0 Å². The van der Waals surface area contributed by atoms with Crippen LogP contribution in [0.5, 0.6) is 0 Å². The van der Waals surface area contributed by atoms with E-state index < -0.39 is 0 Å². The molecule has 1 aromatic rings. The molecule has 0 radical (unpaired) electrons. The first kappa shape index (κ1) is 16.8. The smallest absolute Gasteiger partial charge is 0.257 e. The number of carbonyl (C=O) groups excluding carboxylic acids is 1. The van der Waals surface area contributed by atoms with E-state index >= 15 is 0 Å². The Bertz CT molecular complexity index is 401. The number of unbranched alkanes of at least 4 members (excludes halogenated alkanes) is 2. The van der Waals surface area contributed by atoms with Crippen molar-refractivity contribution in [1.82, 2.24) is 4.90 Å². The van der Waals surface area contributed by atoms with Gasteiger partial charge in [-0.15, -0.1) is 0 Å². The Balaban J connectivity index is 2.76. The van der Waals surface area contributed by atoms with E-state index in [1.54, 1.807) is 6.07 Å². The van der Waals surface area contributed by atoms with Gasteiger partial charge in [0.25, 0.3) is 5.91 Å². The molecule has 0 spiro atoms. The summed E-state index contributed by atoms with van der Waals surface area (Å²) in [5.41, 5.74) is 6.14. The highest BCUT2D eigenvalue weighted by molar-refractivity contribution is 5.94. The molecule has 0 aliphatic heterocycles. The Morgan fingerprint density at radius 3 is 2.65 bits per heavy atom. The lowest BCUT2D eigenvalue weighted by Crippen LogP contribution is -2.39. The van der Waals surface area contributed by atoms with Gasteiger partial charge in [-0.3, -0.25) is 4.79 Å². The van der Waals surface area contributed by atoms with Crippen molar-refractivity contribution in [2.75, 3.05) is 6.54 Å². The van der Waals surface area contributed by atoms with Gasteiger partial charge in [-0.25, -0.2) is 0 Å². The van der Waals surface area contributed by atoms with Gasteiger partial charge in [0, 0.05) is 12.6 Å². The summed E-state index contributed by atoms with van der Waals surface area (Å²) in [6.45, 7) is 7.59. The molecule has 1 rings (SSSR count). The summed E-state index contributed by atoms with van der Waals surface area (Å²) in [6, 6.07) is 2.02. The first-order chi connectivity index (χ1) is 9.63. The Hall–Kier alpha value is -1.29. The minimum absolute atomic E-state index is 0.0607. The number of nitrogens with two attached hydrogens (primary N) is 1. The van der Waals surface area contributed by atoms with Crippen LogP contribution in [0.4, 0.5) is 0 Å². The summed E-state index contributed by atoms with van der Waals surface area (Å²) < 4.78 is 5.28. The second-order valence-corrected chi connectivity index (χ2v) is 5.35. The second-order valence-electron chi connectivity index (χ2n) is 5.35. The summed E-state index contributed by atoms with van der Waals surface area (Å²) >= 11 is 0. The number of nitrogens with zero attached hydrogens (tertiary/aromatic N) is 1. The number of furan rings is 1. The maximum atomic E-state index is 12.6. The van der Waals surface area contributed by atoms with Crippen LogP contribution in [0.2, 0.25) is 0 Å². The van der Waals surface area contributed by atoms with Crippen molar-refractivity contribution < 1.29 is 9.21 Å². The van der Waals surface area contributed by atoms with Crippen molar-refractivity contribution >= 4 is 5.91 Å². The molecule has 0 saturated heterocycles. The van der Waals surface area contributed by atoms with E-state index in [0.29, 0.717) is 17.9 Å². The molecule has 0 bridgehead atoms. The fourth-order valence-electron chi connectivity index (χ4n) is 2.39. The van der Waals surface area contributed by atoms with Crippen molar-refractivity contribution in [3.63, 3.8) is 0 Å². The maximum absolute atomic E-state index is 12.6. The third-order valence-electron chi connectivity index (χ3n) is 3.60. The van der Waals surface area contributed by atoms with E-state index in [9.17, 15) is 4.79 Å². The lowest BCUT2D eigenvalue weighted by molar-refractivity contribution is 0.0679. The molecular weight excluding hydrogens is 252 g/mol. The number of carbonyl (C=O) groups is 1. The molecule has 20 heavy (non-hydrogen) atoms. The summed E-state index contributed by atoms with van der Waals surface area (Å²) in [5, 5.41) is 0. The van der Waals surface area contributed by atoms with Crippen LogP contribution < -0.4 is 5.73 Å². The number of hydrogen-bond acceptors (Lipinski definition) is 3. The summed E-state index contributed by atoms with van der Waals surface area (Å²) in [5.74, 6) is 0.718. The SMILES string of the molecule is CCCCCN(C(=O)c1coc(CN)c1)C(C)CCC. The van der Waals surface area contributed by atoms with Crippen molar-refractivity contribution in [2.45, 2.75) is 65.5 Å². The van der Waals surface area contributed by atoms with Gasteiger partial charge in [-0.05, 0) is 25.8 Å². The van der Waals surface area contributed by atoms with E-state index in [-0.39, 0.29) is 11.9 Å². The number of hydrogen-bond donors (Lipinski definition) is 1. The van der Waals surface area contributed by atoms with Gasteiger partial charge < -0.3 is 15.1 Å². The van der Waals surface area contributed by atoms with Crippen LogP contribution in [0.25, 0.3) is 0 Å². The molecular formula is C16H28N2O2. The summed E-state index contributed by atoms with van der Waals surface area (Å²) in [7, 11) is 0. The van der Waals surface area contributed by atoms with Gasteiger partial charge in [0.15, 0.2) is 0 Å². The van der Waals surface area contributed by atoms with Crippen molar-refractivity contribution in [1.29, 1.82) is 0 Å². The standard InChI is InChI=1S/C16H28N2O2/c1-4-6-7-9-18(13(3)8-5-2)16(19)14-10-15(11-17)20-12-14/h10,12-13H,4-9,11,17H2,1-3H3. The molecule has 4 heteroatoms. The molecule has 1 atom stereocenters.